The number of aliphatic hydroxyl groups excluding tert-OH is 1. The van der Waals surface area contributed by atoms with Gasteiger partial charge in [-0.2, -0.15) is 13.2 Å². The molecule has 1 heterocycles. The molecular weight excluding hydrogens is 321 g/mol. The summed E-state index contributed by atoms with van der Waals surface area (Å²) in [5.74, 6) is 0. The Morgan fingerprint density at radius 3 is 2.42 bits per heavy atom. The third kappa shape index (κ3) is 7.61. The zero-order valence-electron chi connectivity index (χ0n) is 13.7. The fraction of sp³-hybridized carbons (Fsp3) is 0.647. The number of hydrogen-bond acceptors (Lipinski definition) is 4. The van der Waals surface area contributed by atoms with Crippen LogP contribution in [0.5, 0.6) is 0 Å². The van der Waals surface area contributed by atoms with E-state index < -0.39 is 18.8 Å². The lowest BCUT2D eigenvalue weighted by molar-refractivity contribution is -0.145. The van der Waals surface area contributed by atoms with E-state index in [0.717, 1.165) is 5.56 Å². The van der Waals surface area contributed by atoms with E-state index >= 15 is 0 Å². The molecule has 1 saturated heterocycles. The fourth-order valence-corrected chi connectivity index (χ4v) is 2.86. The Hall–Kier alpha value is -1.15. The van der Waals surface area contributed by atoms with Crippen LogP contribution in [0.3, 0.4) is 0 Å². The van der Waals surface area contributed by atoms with E-state index in [1.807, 2.05) is 35.2 Å². The maximum atomic E-state index is 12.4. The molecule has 0 aliphatic carbocycles. The molecule has 24 heavy (non-hydrogen) atoms. The number of nitrogens with zero attached hydrogens (tertiary/aromatic N) is 2. The highest BCUT2D eigenvalue weighted by atomic mass is 19.4. The standard InChI is InChI=1S/C17H25F3N2O2/c18-17(19,20)14-22-8-4-7-21(9-10-22)11-16(23)13-24-12-15-5-2-1-3-6-15/h1-3,5-6,16,23H,4,7-14H2. The SMILES string of the molecule is OC(COCc1ccccc1)CN1CCCN(CC(F)(F)F)CC1. The highest BCUT2D eigenvalue weighted by Crippen LogP contribution is 2.17. The molecule has 0 amide bonds. The second-order valence-corrected chi connectivity index (χ2v) is 6.20. The summed E-state index contributed by atoms with van der Waals surface area (Å²) in [7, 11) is 0. The van der Waals surface area contributed by atoms with Gasteiger partial charge >= 0.3 is 6.18 Å². The van der Waals surface area contributed by atoms with Crippen LogP contribution in [0, 0.1) is 0 Å². The van der Waals surface area contributed by atoms with Gasteiger partial charge in [0.05, 0.1) is 25.9 Å². The van der Waals surface area contributed by atoms with Crippen molar-refractivity contribution in [3.63, 3.8) is 0 Å². The topological polar surface area (TPSA) is 35.9 Å². The van der Waals surface area contributed by atoms with Crippen LogP contribution in [0.15, 0.2) is 30.3 Å². The number of alkyl halides is 3. The summed E-state index contributed by atoms with van der Waals surface area (Å²) in [6, 6.07) is 9.70. The van der Waals surface area contributed by atoms with Crippen molar-refractivity contribution >= 4 is 0 Å². The average molecular weight is 346 g/mol. The lowest BCUT2D eigenvalue weighted by Crippen LogP contribution is -2.39. The van der Waals surface area contributed by atoms with Gasteiger partial charge in [0, 0.05) is 19.6 Å². The van der Waals surface area contributed by atoms with Crippen LogP contribution in [-0.2, 0) is 11.3 Å². The van der Waals surface area contributed by atoms with E-state index in [1.54, 1.807) is 0 Å². The first-order chi connectivity index (χ1) is 11.4. The molecule has 1 atom stereocenters. The molecule has 0 radical (unpaired) electrons. The summed E-state index contributed by atoms with van der Waals surface area (Å²) in [6.07, 6.45) is -4.11. The number of hydrogen-bond donors (Lipinski definition) is 1. The molecule has 1 aromatic carbocycles. The molecule has 1 fully saturated rings. The predicted molar refractivity (Wildman–Crippen MR) is 85.7 cm³/mol. The van der Waals surface area contributed by atoms with Gasteiger partial charge in [0.1, 0.15) is 0 Å². The van der Waals surface area contributed by atoms with Gasteiger partial charge in [0.15, 0.2) is 0 Å². The van der Waals surface area contributed by atoms with Gasteiger partial charge < -0.3 is 9.84 Å². The number of aliphatic hydroxyl groups is 1. The summed E-state index contributed by atoms with van der Waals surface area (Å²) in [6.45, 7) is 2.27. The zero-order valence-corrected chi connectivity index (χ0v) is 13.7. The van der Waals surface area contributed by atoms with Crippen LogP contribution in [0.2, 0.25) is 0 Å². The van der Waals surface area contributed by atoms with Crippen molar-refractivity contribution in [1.82, 2.24) is 9.80 Å². The number of β-amino-alcohol motifs (C(OH)–C–C–N with tert-alkyl or cyclic N) is 1. The van der Waals surface area contributed by atoms with E-state index in [0.29, 0.717) is 45.8 Å². The van der Waals surface area contributed by atoms with Crippen molar-refractivity contribution < 1.29 is 23.0 Å². The van der Waals surface area contributed by atoms with Gasteiger partial charge in [-0.15, -0.1) is 0 Å². The summed E-state index contributed by atoms with van der Waals surface area (Å²) in [5.41, 5.74) is 1.04. The molecule has 1 N–H and O–H groups in total. The van der Waals surface area contributed by atoms with Gasteiger partial charge in [-0.1, -0.05) is 30.3 Å². The van der Waals surface area contributed by atoms with Crippen molar-refractivity contribution in [3.05, 3.63) is 35.9 Å². The minimum Gasteiger partial charge on any atom is -0.389 e. The molecule has 1 aromatic rings. The van der Waals surface area contributed by atoms with Crippen molar-refractivity contribution in [2.75, 3.05) is 45.9 Å². The monoisotopic (exact) mass is 346 g/mol. The third-order valence-corrected chi connectivity index (χ3v) is 3.97. The van der Waals surface area contributed by atoms with Crippen molar-refractivity contribution in [3.8, 4) is 0 Å². The maximum Gasteiger partial charge on any atom is 0.401 e. The molecule has 4 nitrogen and oxygen atoms in total. The van der Waals surface area contributed by atoms with Crippen LogP contribution in [0.1, 0.15) is 12.0 Å². The number of halogens is 3. The van der Waals surface area contributed by atoms with Gasteiger partial charge in [-0.05, 0) is 25.1 Å². The van der Waals surface area contributed by atoms with Crippen molar-refractivity contribution in [2.24, 2.45) is 0 Å². The largest absolute Gasteiger partial charge is 0.401 e. The normalized spacial score (nSPS) is 19.2. The number of ether oxygens (including phenoxy) is 1. The summed E-state index contributed by atoms with van der Waals surface area (Å²) >= 11 is 0. The molecular formula is C17H25F3N2O2. The van der Waals surface area contributed by atoms with E-state index in [4.69, 9.17) is 4.74 Å². The minimum absolute atomic E-state index is 0.220. The Morgan fingerprint density at radius 1 is 1.04 bits per heavy atom. The van der Waals surface area contributed by atoms with Crippen molar-refractivity contribution in [1.29, 1.82) is 0 Å². The Bertz CT molecular complexity index is 471. The Balaban J connectivity index is 1.65. The first-order valence-electron chi connectivity index (χ1n) is 8.23. The summed E-state index contributed by atoms with van der Waals surface area (Å²) in [4.78, 5) is 3.44. The molecule has 7 heteroatoms. The van der Waals surface area contributed by atoms with Gasteiger partial charge in [0.2, 0.25) is 0 Å². The molecule has 2 rings (SSSR count). The molecule has 1 aliphatic rings. The van der Waals surface area contributed by atoms with Crippen LogP contribution >= 0.6 is 0 Å². The summed E-state index contributed by atoms with van der Waals surface area (Å²) in [5, 5.41) is 10.1. The molecule has 0 bridgehead atoms. The first-order valence-corrected chi connectivity index (χ1v) is 8.23. The van der Waals surface area contributed by atoms with Crippen LogP contribution < -0.4 is 0 Å². The quantitative estimate of drug-likeness (QED) is 0.821. The number of benzene rings is 1. The molecule has 1 unspecified atom stereocenters. The van der Waals surface area contributed by atoms with Crippen molar-refractivity contribution in [2.45, 2.75) is 25.3 Å². The molecule has 0 aromatic heterocycles. The Kier molecular flexibility index (Phi) is 7.48. The average Bonchev–Trinajstić information content (AvgIpc) is 2.72. The second-order valence-electron chi connectivity index (χ2n) is 6.20. The maximum absolute atomic E-state index is 12.4. The molecule has 0 spiro atoms. The third-order valence-electron chi connectivity index (χ3n) is 3.97. The second kappa shape index (κ2) is 9.36. The lowest BCUT2D eigenvalue weighted by Gasteiger charge is -2.24. The Morgan fingerprint density at radius 2 is 1.71 bits per heavy atom. The van der Waals surface area contributed by atoms with Gasteiger partial charge in [-0.3, -0.25) is 9.80 Å². The van der Waals surface area contributed by atoms with E-state index in [9.17, 15) is 18.3 Å². The highest BCUT2D eigenvalue weighted by Gasteiger charge is 2.31. The van der Waals surface area contributed by atoms with Crippen LogP contribution in [0.4, 0.5) is 13.2 Å². The highest BCUT2D eigenvalue weighted by molar-refractivity contribution is 5.13. The lowest BCUT2D eigenvalue weighted by atomic mass is 10.2. The van der Waals surface area contributed by atoms with E-state index in [2.05, 4.69) is 0 Å². The van der Waals surface area contributed by atoms with Gasteiger partial charge in [-0.25, -0.2) is 0 Å². The molecule has 0 saturated carbocycles. The fourth-order valence-electron chi connectivity index (χ4n) is 2.86. The first kappa shape index (κ1) is 19.2. The van der Waals surface area contributed by atoms with E-state index in [1.165, 1.54) is 4.90 Å². The van der Waals surface area contributed by atoms with Crippen LogP contribution in [0.25, 0.3) is 0 Å². The van der Waals surface area contributed by atoms with Gasteiger partial charge in [0.25, 0.3) is 0 Å². The van der Waals surface area contributed by atoms with E-state index in [-0.39, 0.29) is 6.61 Å². The smallest absolute Gasteiger partial charge is 0.389 e. The predicted octanol–water partition coefficient (Wildman–Crippen LogP) is 2.13. The minimum atomic E-state index is -4.15. The summed E-state index contributed by atoms with van der Waals surface area (Å²) < 4.78 is 42.8. The Labute approximate surface area is 140 Å². The molecule has 136 valence electrons. The van der Waals surface area contributed by atoms with Crippen LogP contribution in [-0.4, -0.2) is 73.1 Å². The number of rotatable bonds is 7. The molecule has 1 aliphatic heterocycles. The zero-order chi connectivity index (χ0) is 17.4.